The molecular weight excluding hydrogens is 242 g/mol. The van der Waals surface area contributed by atoms with E-state index in [2.05, 4.69) is 0 Å². The fourth-order valence-corrected chi connectivity index (χ4v) is 2.38. The summed E-state index contributed by atoms with van der Waals surface area (Å²) in [5.74, 6) is 0.620. The maximum atomic E-state index is 12.2. The van der Waals surface area contributed by atoms with Crippen LogP contribution in [-0.4, -0.2) is 35.1 Å². The zero-order valence-corrected chi connectivity index (χ0v) is 11.6. The number of nitrogens with zero attached hydrogens (tertiary/aromatic N) is 1. The molecule has 4 nitrogen and oxygen atoms in total. The molecule has 1 unspecified atom stereocenters. The summed E-state index contributed by atoms with van der Waals surface area (Å²) in [7, 11) is 0. The van der Waals surface area contributed by atoms with E-state index >= 15 is 0 Å². The van der Waals surface area contributed by atoms with Crippen molar-refractivity contribution in [3.8, 4) is 5.75 Å². The highest BCUT2D eigenvalue weighted by molar-refractivity contribution is 5.81. The first-order valence-electron chi connectivity index (χ1n) is 6.77. The SMILES string of the molecule is Cc1ccc(OC(C)C(=O)N2CCCC2)c(CO)c1. The Kier molecular flexibility index (Phi) is 4.43. The number of hydrogen-bond donors (Lipinski definition) is 1. The molecule has 1 amide bonds. The van der Waals surface area contributed by atoms with E-state index in [1.54, 1.807) is 6.92 Å². The van der Waals surface area contributed by atoms with Crippen molar-refractivity contribution in [2.24, 2.45) is 0 Å². The molecule has 104 valence electrons. The fraction of sp³-hybridized carbons (Fsp3) is 0.533. The van der Waals surface area contributed by atoms with Crippen molar-refractivity contribution < 1.29 is 14.6 Å². The summed E-state index contributed by atoms with van der Waals surface area (Å²) in [4.78, 5) is 14.0. The van der Waals surface area contributed by atoms with Crippen molar-refractivity contribution in [3.05, 3.63) is 29.3 Å². The molecule has 0 saturated carbocycles. The summed E-state index contributed by atoms with van der Waals surface area (Å²) >= 11 is 0. The van der Waals surface area contributed by atoms with Crippen LogP contribution in [0.2, 0.25) is 0 Å². The number of carbonyl (C=O) groups excluding carboxylic acids is 1. The summed E-state index contributed by atoms with van der Waals surface area (Å²) in [6.45, 7) is 5.30. The van der Waals surface area contributed by atoms with Crippen LogP contribution in [-0.2, 0) is 11.4 Å². The van der Waals surface area contributed by atoms with Crippen LogP contribution in [0.3, 0.4) is 0 Å². The number of benzene rings is 1. The molecule has 1 heterocycles. The van der Waals surface area contributed by atoms with Gasteiger partial charge in [-0.15, -0.1) is 0 Å². The molecule has 0 radical (unpaired) electrons. The van der Waals surface area contributed by atoms with Gasteiger partial charge in [-0.1, -0.05) is 17.7 Å². The van der Waals surface area contributed by atoms with Gasteiger partial charge >= 0.3 is 0 Å². The zero-order chi connectivity index (χ0) is 13.8. The number of aliphatic hydroxyl groups excluding tert-OH is 1. The molecule has 1 aromatic carbocycles. The summed E-state index contributed by atoms with van der Waals surface area (Å²) in [6, 6.07) is 5.61. The summed E-state index contributed by atoms with van der Waals surface area (Å²) < 4.78 is 5.71. The lowest BCUT2D eigenvalue weighted by Gasteiger charge is -2.22. The number of aryl methyl sites for hydroxylation is 1. The fourth-order valence-electron chi connectivity index (χ4n) is 2.38. The minimum atomic E-state index is -0.508. The van der Waals surface area contributed by atoms with Gasteiger partial charge in [0.2, 0.25) is 0 Å². The molecule has 1 aliphatic rings. The predicted octanol–water partition coefficient (Wildman–Crippen LogP) is 1.88. The van der Waals surface area contributed by atoms with Gasteiger partial charge in [0.25, 0.3) is 5.91 Å². The molecule has 1 N–H and O–H groups in total. The van der Waals surface area contributed by atoms with Gasteiger partial charge in [-0.3, -0.25) is 4.79 Å². The highest BCUT2D eigenvalue weighted by atomic mass is 16.5. The molecule has 1 atom stereocenters. The standard InChI is InChI=1S/C15H21NO3/c1-11-5-6-14(13(9-11)10-17)19-12(2)15(18)16-7-3-4-8-16/h5-6,9,12,17H,3-4,7-8,10H2,1-2H3. The van der Waals surface area contributed by atoms with E-state index in [9.17, 15) is 9.90 Å². The number of amides is 1. The molecule has 2 rings (SSSR count). The number of likely N-dealkylation sites (tertiary alicyclic amines) is 1. The number of rotatable bonds is 4. The van der Waals surface area contributed by atoms with E-state index in [-0.39, 0.29) is 12.5 Å². The molecule has 1 fully saturated rings. The lowest BCUT2D eigenvalue weighted by atomic mass is 10.1. The van der Waals surface area contributed by atoms with Gasteiger partial charge in [-0.25, -0.2) is 0 Å². The van der Waals surface area contributed by atoms with Crippen LogP contribution >= 0.6 is 0 Å². The lowest BCUT2D eigenvalue weighted by Crippen LogP contribution is -2.38. The van der Waals surface area contributed by atoms with Crippen LogP contribution in [0.15, 0.2) is 18.2 Å². The van der Waals surface area contributed by atoms with Gasteiger partial charge in [0.05, 0.1) is 6.61 Å². The first kappa shape index (κ1) is 13.9. The van der Waals surface area contributed by atoms with Gasteiger partial charge in [0, 0.05) is 18.7 Å². The van der Waals surface area contributed by atoms with Crippen LogP contribution in [0.25, 0.3) is 0 Å². The maximum absolute atomic E-state index is 12.2. The van der Waals surface area contributed by atoms with E-state index in [1.807, 2.05) is 30.0 Å². The topological polar surface area (TPSA) is 49.8 Å². The smallest absolute Gasteiger partial charge is 0.263 e. The number of ether oxygens (including phenoxy) is 1. The Labute approximate surface area is 114 Å². The third-order valence-corrected chi connectivity index (χ3v) is 3.46. The van der Waals surface area contributed by atoms with Crippen molar-refractivity contribution >= 4 is 5.91 Å². The molecule has 1 saturated heterocycles. The summed E-state index contributed by atoms with van der Waals surface area (Å²) in [5.41, 5.74) is 1.79. The summed E-state index contributed by atoms with van der Waals surface area (Å²) in [6.07, 6.45) is 1.64. The van der Waals surface area contributed by atoms with Crippen molar-refractivity contribution in [2.45, 2.75) is 39.4 Å². The molecule has 4 heteroatoms. The predicted molar refractivity (Wildman–Crippen MR) is 73.0 cm³/mol. The highest BCUT2D eigenvalue weighted by Crippen LogP contribution is 2.22. The molecule has 0 spiro atoms. The number of aliphatic hydroxyl groups is 1. The monoisotopic (exact) mass is 263 g/mol. The lowest BCUT2D eigenvalue weighted by molar-refractivity contribution is -0.136. The molecule has 1 aliphatic heterocycles. The van der Waals surface area contributed by atoms with Crippen molar-refractivity contribution in [3.63, 3.8) is 0 Å². The Balaban J connectivity index is 2.05. The van der Waals surface area contributed by atoms with Crippen LogP contribution in [0.4, 0.5) is 0 Å². The molecule has 0 aromatic heterocycles. The molecule has 1 aromatic rings. The van der Waals surface area contributed by atoms with E-state index in [4.69, 9.17) is 4.74 Å². The molecule has 0 bridgehead atoms. The van der Waals surface area contributed by atoms with Crippen LogP contribution in [0.5, 0.6) is 5.75 Å². The maximum Gasteiger partial charge on any atom is 0.263 e. The molecule has 19 heavy (non-hydrogen) atoms. The van der Waals surface area contributed by atoms with Gasteiger partial charge in [-0.05, 0) is 32.8 Å². The minimum absolute atomic E-state index is 0.0296. The van der Waals surface area contributed by atoms with Gasteiger partial charge in [0.15, 0.2) is 6.10 Å². The molecular formula is C15H21NO3. The number of hydrogen-bond acceptors (Lipinski definition) is 3. The zero-order valence-electron chi connectivity index (χ0n) is 11.6. The second-order valence-electron chi connectivity index (χ2n) is 5.06. The van der Waals surface area contributed by atoms with E-state index in [0.29, 0.717) is 5.75 Å². The van der Waals surface area contributed by atoms with Gasteiger partial charge < -0.3 is 14.7 Å². The summed E-state index contributed by atoms with van der Waals surface area (Å²) in [5, 5.41) is 9.33. The average molecular weight is 263 g/mol. The highest BCUT2D eigenvalue weighted by Gasteiger charge is 2.24. The Hall–Kier alpha value is -1.55. The Morgan fingerprint density at radius 1 is 1.42 bits per heavy atom. The third kappa shape index (κ3) is 3.26. The first-order chi connectivity index (χ1) is 9.11. The van der Waals surface area contributed by atoms with Gasteiger partial charge in [-0.2, -0.15) is 0 Å². The van der Waals surface area contributed by atoms with Crippen molar-refractivity contribution in [1.29, 1.82) is 0 Å². The second kappa shape index (κ2) is 6.06. The van der Waals surface area contributed by atoms with Crippen molar-refractivity contribution in [1.82, 2.24) is 4.90 Å². The molecule has 0 aliphatic carbocycles. The Morgan fingerprint density at radius 2 is 2.11 bits per heavy atom. The largest absolute Gasteiger partial charge is 0.481 e. The first-order valence-corrected chi connectivity index (χ1v) is 6.77. The van der Waals surface area contributed by atoms with Gasteiger partial charge in [0.1, 0.15) is 5.75 Å². The van der Waals surface area contributed by atoms with Crippen LogP contribution < -0.4 is 4.74 Å². The second-order valence-corrected chi connectivity index (χ2v) is 5.06. The van der Waals surface area contributed by atoms with Crippen LogP contribution in [0, 0.1) is 6.92 Å². The Morgan fingerprint density at radius 3 is 2.74 bits per heavy atom. The Bertz CT molecular complexity index is 453. The van der Waals surface area contributed by atoms with E-state index < -0.39 is 6.10 Å². The van der Waals surface area contributed by atoms with E-state index in [1.165, 1.54) is 0 Å². The van der Waals surface area contributed by atoms with Crippen molar-refractivity contribution in [2.75, 3.05) is 13.1 Å². The number of carbonyl (C=O) groups is 1. The average Bonchev–Trinajstić information content (AvgIpc) is 2.93. The normalized spacial score (nSPS) is 16.5. The quantitative estimate of drug-likeness (QED) is 0.902. The van der Waals surface area contributed by atoms with Crippen LogP contribution in [0.1, 0.15) is 30.9 Å². The third-order valence-electron chi connectivity index (χ3n) is 3.46. The minimum Gasteiger partial charge on any atom is -0.481 e. The van der Waals surface area contributed by atoms with E-state index in [0.717, 1.165) is 37.1 Å².